The number of esters is 2. The van der Waals surface area contributed by atoms with E-state index in [-0.39, 0.29) is 12.8 Å². The summed E-state index contributed by atoms with van der Waals surface area (Å²) < 4.78 is 65.5. The zero-order valence-electron chi connectivity index (χ0n) is 40.9. The lowest BCUT2D eigenvalue weighted by atomic mass is 9.85. The van der Waals surface area contributed by atoms with E-state index in [0.29, 0.717) is 12.8 Å². The Kier molecular flexibility index (Phi) is 36.5. The van der Waals surface area contributed by atoms with Crippen LogP contribution < -0.4 is 0 Å². The van der Waals surface area contributed by atoms with Crippen LogP contribution in [0.5, 0.6) is 0 Å². The van der Waals surface area contributed by atoms with Crippen LogP contribution >= 0.6 is 23.5 Å². The number of carbonyl (C=O) groups excluding carboxylic acids is 2. The highest BCUT2D eigenvalue weighted by molar-refractivity contribution is 7.47. The number of unbranched alkanes of at least 4 members (excludes halogenated alkanes) is 18. The van der Waals surface area contributed by atoms with Gasteiger partial charge in [0.15, 0.2) is 6.10 Å². The van der Waals surface area contributed by atoms with Gasteiger partial charge in [-0.05, 0) is 51.4 Å². The molecule has 0 aromatic rings. The summed E-state index contributed by atoms with van der Waals surface area (Å²) in [6, 6.07) is 0. The maximum Gasteiger partial charge on any atom is 0.472 e. The van der Waals surface area contributed by atoms with Gasteiger partial charge in [-0.15, -0.1) is 0 Å². The highest BCUT2D eigenvalue weighted by Crippen LogP contribution is 2.51. The van der Waals surface area contributed by atoms with Crippen molar-refractivity contribution < 1.29 is 90.6 Å². The van der Waals surface area contributed by atoms with Crippen LogP contribution in [-0.2, 0) is 50.9 Å². The number of aliphatic hydroxyl groups is 3. The average molecular weight is 1050 g/mol. The van der Waals surface area contributed by atoms with Crippen LogP contribution in [0.15, 0.2) is 48.6 Å². The Morgan fingerprint density at radius 3 is 1.36 bits per heavy atom. The second kappa shape index (κ2) is 38.7. The van der Waals surface area contributed by atoms with Gasteiger partial charge < -0.3 is 49.3 Å². The van der Waals surface area contributed by atoms with Crippen molar-refractivity contribution in [3.63, 3.8) is 0 Å². The van der Waals surface area contributed by atoms with E-state index in [4.69, 9.17) is 18.5 Å². The fraction of sp³-hybridized carbons (Fsp3) is 0.787. The molecule has 0 bridgehead atoms. The van der Waals surface area contributed by atoms with Crippen LogP contribution in [0.1, 0.15) is 181 Å². The number of allylic oxidation sites excluding steroid dienone is 8. The van der Waals surface area contributed by atoms with Crippen LogP contribution in [0.25, 0.3) is 0 Å². The highest BCUT2D eigenvalue weighted by Gasteiger charge is 2.56. The topological polar surface area (TPSA) is 303 Å². The van der Waals surface area contributed by atoms with E-state index in [2.05, 4.69) is 71.5 Å². The first-order valence-corrected chi connectivity index (χ1v) is 29.5. The number of aliphatic hydroxyl groups excluding tert-OH is 3. The van der Waals surface area contributed by atoms with E-state index >= 15 is 0 Å². The predicted octanol–water partition coefficient (Wildman–Crippen LogP) is 9.40. The summed E-state index contributed by atoms with van der Waals surface area (Å²) in [6.07, 6.45) is 25.5. The second-order valence-corrected chi connectivity index (χ2v) is 21.2. The van der Waals surface area contributed by atoms with E-state index in [1.165, 1.54) is 57.8 Å². The molecule has 8 atom stereocenters. The molecule has 0 aromatic carbocycles. The molecule has 0 spiro atoms. The standard InChI is InChI=1S/C47H85O19P3/c1-3-5-7-9-11-13-15-17-19-20-22-23-25-27-29-31-33-35-40(48)61-37-39(63-41(49)36-34-32-30-28-26-24-21-18-16-14-12-10-8-6-4-2)38-62-69(59,60)66-45-42(50)43(51)46(64-67(53,54)55)47(44(45)52)65-68(56,57)58/h5,7,11,13,17,19,22-23,39,42-47,50-52H,3-4,6,8-10,12,14-16,18,20-21,24-38H2,1-2H3,(H,59,60)(H2,53,54,55)(H2,56,57,58). The minimum atomic E-state index is -5.60. The first-order chi connectivity index (χ1) is 32.8. The third-order valence-electron chi connectivity index (χ3n) is 11.2. The fourth-order valence-corrected chi connectivity index (χ4v) is 9.55. The van der Waals surface area contributed by atoms with Gasteiger partial charge in [0.05, 0.1) is 6.61 Å². The molecule has 1 saturated carbocycles. The van der Waals surface area contributed by atoms with Gasteiger partial charge in [0.25, 0.3) is 0 Å². The van der Waals surface area contributed by atoms with E-state index in [1.54, 1.807) is 0 Å². The maximum absolute atomic E-state index is 13.1. The summed E-state index contributed by atoms with van der Waals surface area (Å²) in [4.78, 5) is 73.3. The average Bonchev–Trinajstić information content (AvgIpc) is 3.28. The Morgan fingerprint density at radius 1 is 0.478 bits per heavy atom. The van der Waals surface area contributed by atoms with Crippen molar-refractivity contribution in [1.82, 2.24) is 0 Å². The summed E-state index contributed by atoms with van der Waals surface area (Å²) in [5.41, 5.74) is 0. The number of carbonyl (C=O) groups is 2. The molecule has 1 rings (SSSR count). The minimum Gasteiger partial charge on any atom is -0.462 e. The Morgan fingerprint density at radius 2 is 0.884 bits per heavy atom. The van der Waals surface area contributed by atoms with Crippen molar-refractivity contribution in [3.05, 3.63) is 48.6 Å². The minimum absolute atomic E-state index is 0.00590. The lowest BCUT2D eigenvalue weighted by Crippen LogP contribution is -2.65. The van der Waals surface area contributed by atoms with Gasteiger partial charge in [0.1, 0.15) is 43.2 Å². The van der Waals surface area contributed by atoms with Crippen molar-refractivity contribution in [2.75, 3.05) is 13.2 Å². The molecule has 8 N–H and O–H groups in total. The Bertz CT molecular complexity index is 1630. The summed E-state index contributed by atoms with van der Waals surface area (Å²) in [5.74, 6) is -1.32. The van der Waals surface area contributed by atoms with Gasteiger partial charge in [0, 0.05) is 12.8 Å². The molecule has 69 heavy (non-hydrogen) atoms. The Hall–Kier alpha value is -1.89. The molecule has 0 heterocycles. The predicted molar refractivity (Wildman–Crippen MR) is 261 cm³/mol. The Labute approximate surface area is 410 Å². The molecular weight excluding hydrogens is 961 g/mol. The van der Waals surface area contributed by atoms with E-state index in [9.17, 15) is 63.1 Å². The van der Waals surface area contributed by atoms with Gasteiger partial charge in [-0.2, -0.15) is 0 Å². The number of phosphoric ester groups is 3. The first kappa shape index (κ1) is 65.1. The van der Waals surface area contributed by atoms with E-state index in [1.807, 2.05) is 0 Å². The van der Waals surface area contributed by atoms with Gasteiger partial charge in [-0.3, -0.25) is 27.7 Å². The number of ether oxygens (including phenoxy) is 2. The van der Waals surface area contributed by atoms with E-state index < -0.39 is 91.3 Å². The van der Waals surface area contributed by atoms with Crippen LogP contribution in [0, 0.1) is 0 Å². The molecule has 1 aliphatic rings. The lowest BCUT2D eigenvalue weighted by Gasteiger charge is -2.44. The molecule has 402 valence electrons. The lowest BCUT2D eigenvalue weighted by molar-refractivity contribution is -0.213. The number of phosphoric acid groups is 3. The molecule has 8 unspecified atom stereocenters. The van der Waals surface area contributed by atoms with Crippen LogP contribution in [0.4, 0.5) is 0 Å². The zero-order chi connectivity index (χ0) is 51.4. The van der Waals surface area contributed by atoms with Crippen molar-refractivity contribution >= 4 is 35.4 Å². The molecule has 0 aliphatic heterocycles. The van der Waals surface area contributed by atoms with Gasteiger partial charge in [-0.25, -0.2) is 13.7 Å². The molecule has 1 aliphatic carbocycles. The van der Waals surface area contributed by atoms with Crippen molar-refractivity contribution in [2.24, 2.45) is 0 Å². The fourth-order valence-electron chi connectivity index (χ4n) is 7.46. The molecule has 0 saturated heterocycles. The van der Waals surface area contributed by atoms with E-state index in [0.717, 1.165) is 83.5 Å². The molecular formula is C47H85O19P3. The molecule has 19 nitrogen and oxygen atoms in total. The Balaban J connectivity index is 2.72. The molecule has 0 aromatic heterocycles. The number of hydrogen-bond acceptors (Lipinski definition) is 14. The number of rotatable bonds is 42. The molecule has 0 amide bonds. The quantitative estimate of drug-likeness (QED) is 0.0122. The SMILES string of the molecule is CCC=CCC=CCC=CCC=CCCCCCCC(=O)OCC(COP(=O)(O)OC1C(O)C(O)C(OP(=O)(O)O)C(OP(=O)(O)O)C1O)OC(=O)CCCCCCCCCCCCCCCCC. The second-order valence-electron chi connectivity index (χ2n) is 17.4. The summed E-state index contributed by atoms with van der Waals surface area (Å²) in [6.45, 7) is 2.82. The highest BCUT2D eigenvalue weighted by atomic mass is 31.2. The van der Waals surface area contributed by atoms with Crippen LogP contribution in [0.2, 0.25) is 0 Å². The molecule has 0 radical (unpaired) electrons. The first-order valence-electron chi connectivity index (χ1n) is 24.9. The summed E-state index contributed by atoms with van der Waals surface area (Å²) in [7, 11) is -16.6. The summed E-state index contributed by atoms with van der Waals surface area (Å²) >= 11 is 0. The number of hydrogen-bond donors (Lipinski definition) is 8. The largest absolute Gasteiger partial charge is 0.472 e. The van der Waals surface area contributed by atoms with Gasteiger partial charge >= 0.3 is 35.4 Å². The van der Waals surface area contributed by atoms with Crippen molar-refractivity contribution in [3.8, 4) is 0 Å². The monoisotopic (exact) mass is 1050 g/mol. The third kappa shape index (κ3) is 35.0. The maximum atomic E-state index is 13.1. The van der Waals surface area contributed by atoms with Gasteiger partial charge in [0.2, 0.25) is 0 Å². The third-order valence-corrected chi connectivity index (χ3v) is 13.2. The van der Waals surface area contributed by atoms with Crippen LogP contribution in [-0.4, -0.2) is 108 Å². The zero-order valence-corrected chi connectivity index (χ0v) is 43.6. The normalized spacial score (nSPS) is 21.7. The van der Waals surface area contributed by atoms with Crippen molar-refractivity contribution in [2.45, 2.75) is 224 Å². The molecule has 1 fully saturated rings. The smallest absolute Gasteiger partial charge is 0.462 e. The summed E-state index contributed by atoms with van der Waals surface area (Å²) in [5, 5.41) is 31.9. The van der Waals surface area contributed by atoms with Gasteiger partial charge in [-0.1, -0.05) is 165 Å². The van der Waals surface area contributed by atoms with Crippen LogP contribution in [0.3, 0.4) is 0 Å². The molecule has 22 heteroatoms. The van der Waals surface area contributed by atoms with Crippen molar-refractivity contribution in [1.29, 1.82) is 0 Å².